The van der Waals surface area contributed by atoms with E-state index >= 15 is 0 Å². The third-order valence-electron chi connectivity index (χ3n) is 4.27. The highest BCUT2D eigenvalue weighted by Gasteiger charge is 2.33. The maximum Gasteiger partial charge on any atom is 0.337 e. The Labute approximate surface area is 178 Å². The van der Waals surface area contributed by atoms with Crippen molar-refractivity contribution in [3.8, 4) is 11.5 Å². The number of thioether (sulfide) groups is 1. The number of rotatable bonds is 7. The summed E-state index contributed by atoms with van der Waals surface area (Å²) in [7, 11) is 3.07. The van der Waals surface area contributed by atoms with Crippen LogP contribution in [0.15, 0.2) is 65.0 Å². The number of carbonyl (C=O) groups is 2. The summed E-state index contributed by atoms with van der Waals surface area (Å²) in [5, 5.41) is 9.78. The molecule has 7 nitrogen and oxygen atoms in total. The molecular weight excluding hydrogens is 404 g/mol. The number of nitrogens with zero attached hydrogens (tertiary/aromatic N) is 2. The van der Waals surface area contributed by atoms with Gasteiger partial charge >= 0.3 is 5.97 Å². The fourth-order valence-electron chi connectivity index (χ4n) is 2.90. The number of amidine groups is 1. The van der Waals surface area contributed by atoms with Gasteiger partial charge in [0, 0.05) is 12.1 Å². The van der Waals surface area contributed by atoms with Crippen molar-refractivity contribution in [2.45, 2.75) is 0 Å². The first-order valence-electron chi connectivity index (χ1n) is 8.94. The van der Waals surface area contributed by atoms with E-state index in [0.717, 1.165) is 11.8 Å². The predicted octanol–water partition coefficient (Wildman–Crippen LogP) is 4.19. The summed E-state index contributed by atoms with van der Waals surface area (Å²) in [5.74, 6) is -0.278. The molecule has 3 rings (SSSR count). The largest absolute Gasteiger partial charge is 0.493 e. The molecule has 8 heteroatoms. The molecule has 1 heterocycles. The number of benzene rings is 2. The molecule has 0 aliphatic carbocycles. The van der Waals surface area contributed by atoms with Crippen molar-refractivity contribution in [3.05, 3.63) is 71.2 Å². The number of carboxylic acid groups (broad SMARTS) is 1. The Morgan fingerprint density at radius 3 is 2.63 bits per heavy atom. The number of amides is 1. The highest BCUT2D eigenvalue weighted by molar-refractivity contribution is 8.18. The second-order valence-electron chi connectivity index (χ2n) is 6.11. The van der Waals surface area contributed by atoms with Gasteiger partial charge in [-0.25, -0.2) is 9.79 Å². The number of aliphatic imine (C=N–C) groups is 1. The molecule has 0 radical (unpaired) electrons. The molecule has 2 aromatic rings. The van der Waals surface area contributed by atoms with Gasteiger partial charge in [-0.15, -0.1) is 6.58 Å². The summed E-state index contributed by atoms with van der Waals surface area (Å²) in [6.45, 7) is 3.94. The van der Waals surface area contributed by atoms with Gasteiger partial charge in [0.25, 0.3) is 5.91 Å². The molecule has 0 atom stereocenters. The zero-order valence-corrected chi connectivity index (χ0v) is 17.3. The highest BCUT2D eigenvalue weighted by Crippen LogP contribution is 2.38. The molecule has 154 valence electrons. The molecule has 0 bridgehead atoms. The van der Waals surface area contributed by atoms with E-state index in [1.807, 2.05) is 6.07 Å². The van der Waals surface area contributed by atoms with Crippen LogP contribution in [0.4, 0.5) is 5.69 Å². The summed E-state index contributed by atoms with van der Waals surface area (Å²) in [6.07, 6.45) is 3.29. The summed E-state index contributed by atoms with van der Waals surface area (Å²) >= 11 is 1.16. The van der Waals surface area contributed by atoms with E-state index in [1.54, 1.807) is 49.6 Å². The summed E-state index contributed by atoms with van der Waals surface area (Å²) in [6, 6.07) is 11.8. The third kappa shape index (κ3) is 4.23. The average molecular weight is 424 g/mol. The van der Waals surface area contributed by atoms with Crippen LogP contribution in [0.1, 0.15) is 15.9 Å². The molecule has 1 N–H and O–H groups in total. The van der Waals surface area contributed by atoms with Gasteiger partial charge in [0.05, 0.1) is 30.4 Å². The van der Waals surface area contributed by atoms with Crippen LogP contribution in [0, 0.1) is 0 Å². The van der Waals surface area contributed by atoms with Crippen LogP contribution in [0.3, 0.4) is 0 Å². The van der Waals surface area contributed by atoms with E-state index in [4.69, 9.17) is 9.47 Å². The van der Waals surface area contributed by atoms with E-state index in [1.165, 1.54) is 18.1 Å². The van der Waals surface area contributed by atoms with Crippen LogP contribution < -0.4 is 9.47 Å². The smallest absolute Gasteiger partial charge is 0.337 e. The number of ether oxygens (including phenoxy) is 2. The van der Waals surface area contributed by atoms with Crippen molar-refractivity contribution in [2.75, 3.05) is 20.8 Å². The molecule has 1 aliphatic rings. The molecule has 30 heavy (non-hydrogen) atoms. The van der Waals surface area contributed by atoms with Gasteiger partial charge in [0.1, 0.15) is 0 Å². The lowest BCUT2D eigenvalue weighted by molar-refractivity contribution is -0.121. The standard InChI is InChI=1S/C22H20N2O5S/c1-4-12-24-20(25)18(13-14-8-7-11-17(28-2)19(14)29-3)30-22(24)23-16-10-6-5-9-15(16)21(26)27/h4-11,13H,1,12H2,2-3H3,(H,26,27)/b18-13-,23-22?. The van der Waals surface area contributed by atoms with Gasteiger partial charge in [-0.2, -0.15) is 0 Å². The molecule has 1 saturated heterocycles. The first-order valence-corrected chi connectivity index (χ1v) is 9.76. The molecule has 1 amide bonds. The third-order valence-corrected chi connectivity index (χ3v) is 5.28. The lowest BCUT2D eigenvalue weighted by atomic mass is 10.1. The van der Waals surface area contributed by atoms with Gasteiger partial charge in [-0.3, -0.25) is 9.69 Å². The first kappa shape index (κ1) is 21.2. The van der Waals surface area contributed by atoms with Crippen molar-refractivity contribution < 1.29 is 24.2 Å². The van der Waals surface area contributed by atoms with Crippen LogP contribution in [-0.2, 0) is 4.79 Å². The van der Waals surface area contributed by atoms with Gasteiger partial charge in [0.2, 0.25) is 0 Å². The number of para-hydroxylation sites is 2. The van der Waals surface area contributed by atoms with E-state index < -0.39 is 5.97 Å². The number of aromatic carboxylic acids is 1. The minimum Gasteiger partial charge on any atom is -0.493 e. The Morgan fingerprint density at radius 2 is 1.97 bits per heavy atom. The summed E-state index contributed by atoms with van der Waals surface area (Å²) in [4.78, 5) is 30.8. The Kier molecular flexibility index (Phi) is 6.58. The topological polar surface area (TPSA) is 88.4 Å². The molecule has 0 unspecified atom stereocenters. The summed E-state index contributed by atoms with van der Waals surface area (Å²) < 4.78 is 10.8. The molecule has 0 aromatic heterocycles. The van der Waals surface area contributed by atoms with Crippen molar-refractivity contribution in [1.82, 2.24) is 4.90 Å². The molecule has 1 fully saturated rings. The van der Waals surface area contributed by atoms with Crippen LogP contribution in [0.25, 0.3) is 6.08 Å². The SMILES string of the molecule is C=CCN1C(=O)/C(=C/c2cccc(OC)c2OC)SC1=Nc1ccccc1C(=O)O. The number of carbonyl (C=O) groups excluding carboxylic acids is 1. The summed E-state index contributed by atoms with van der Waals surface area (Å²) in [5.41, 5.74) is 1.01. The van der Waals surface area contributed by atoms with E-state index in [-0.39, 0.29) is 23.7 Å². The second-order valence-corrected chi connectivity index (χ2v) is 7.12. The second kappa shape index (κ2) is 9.32. The Bertz CT molecular complexity index is 1060. The number of methoxy groups -OCH3 is 2. The van der Waals surface area contributed by atoms with Gasteiger partial charge in [0.15, 0.2) is 16.7 Å². The van der Waals surface area contributed by atoms with E-state index in [9.17, 15) is 14.7 Å². The van der Waals surface area contributed by atoms with E-state index in [2.05, 4.69) is 11.6 Å². The zero-order chi connectivity index (χ0) is 21.7. The maximum atomic E-state index is 13.0. The fraction of sp³-hybridized carbons (Fsp3) is 0.136. The number of hydrogen-bond donors (Lipinski definition) is 1. The minimum absolute atomic E-state index is 0.0588. The van der Waals surface area contributed by atoms with Crippen LogP contribution in [0.2, 0.25) is 0 Å². The predicted molar refractivity (Wildman–Crippen MR) is 118 cm³/mol. The van der Waals surface area contributed by atoms with Crippen molar-refractivity contribution in [1.29, 1.82) is 0 Å². The van der Waals surface area contributed by atoms with Gasteiger partial charge in [-0.1, -0.05) is 30.3 Å². The molecular formula is C22H20N2O5S. The van der Waals surface area contributed by atoms with Crippen LogP contribution in [0.5, 0.6) is 11.5 Å². The molecule has 0 spiro atoms. The maximum absolute atomic E-state index is 13.0. The van der Waals surface area contributed by atoms with E-state index in [0.29, 0.717) is 27.1 Å². The highest BCUT2D eigenvalue weighted by atomic mass is 32.2. The van der Waals surface area contributed by atoms with Crippen molar-refractivity contribution in [2.24, 2.45) is 4.99 Å². The Hall–Kier alpha value is -3.52. The number of carboxylic acids is 1. The van der Waals surface area contributed by atoms with Crippen molar-refractivity contribution >= 4 is 40.6 Å². The van der Waals surface area contributed by atoms with Crippen molar-refractivity contribution in [3.63, 3.8) is 0 Å². The monoisotopic (exact) mass is 424 g/mol. The van der Waals surface area contributed by atoms with Gasteiger partial charge < -0.3 is 14.6 Å². The molecule has 2 aromatic carbocycles. The first-order chi connectivity index (χ1) is 14.5. The lowest BCUT2D eigenvalue weighted by Gasteiger charge is -2.13. The molecule has 0 saturated carbocycles. The minimum atomic E-state index is -1.09. The van der Waals surface area contributed by atoms with Crippen LogP contribution in [-0.4, -0.2) is 47.8 Å². The quantitative estimate of drug-likeness (QED) is 0.530. The Morgan fingerprint density at radius 1 is 1.20 bits per heavy atom. The Balaban J connectivity index is 2.05. The number of hydrogen-bond acceptors (Lipinski definition) is 6. The normalized spacial score (nSPS) is 16.2. The van der Waals surface area contributed by atoms with Crippen LogP contribution >= 0.6 is 11.8 Å². The zero-order valence-electron chi connectivity index (χ0n) is 16.5. The average Bonchev–Trinajstić information content (AvgIpc) is 3.03. The molecule has 1 aliphatic heterocycles. The van der Waals surface area contributed by atoms with Gasteiger partial charge in [-0.05, 0) is 36.0 Å². The lowest BCUT2D eigenvalue weighted by Crippen LogP contribution is -2.29. The fourth-order valence-corrected chi connectivity index (χ4v) is 3.90.